The molecule has 64 valence electrons. The average Bonchev–Trinajstić information content (AvgIpc) is 1.86. The van der Waals surface area contributed by atoms with E-state index in [9.17, 15) is 0 Å². The molecule has 0 aromatic rings. The zero-order chi connectivity index (χ0) is 8.69. The molecule has 0 fully saturated rings. The molecule has 0 rings (SSSR count). The van der Waals surface area contributed by atoms with Crippen LogP contribution in [0.1, 0.15) is 33.6 Å². The van der Waals surface area contributed by atoms with Crippen molar-refractivity contribution < 1.29 is 4.74 Å². The third kappa shape index (κ3) is 7.35. The van der Waals surface area contributed by atoms with Crippen LogP contribution >= 0.6 is 0 Å². The van der Waals surface area contributed by atoms with Crippen LogP contribution in [0.3, 0.4) is 0 Å². The molecule has 0 aliphatic carbocycles. The Kier molecular flexibility index (Phi) is 5.87. The first-order valence-electron chi connectivity index (χ1n) is 4.15. The van der Waals surface area contributed by atoms with Crippen molar-refractivity contribution in [2.24, 2.45) is 5.92 Å². The van der Waals surface area contributed by atoms with E-state index in [1.165, 1.54) is 0 Å². The van der Waals surface area contributed by atoms with Gasteiger partial charge in [-0.2, -0.15) is 5.26 Å². The lowest BCUT2D eigenvalue weighted by Gasteiger charge is -2.13. The van der Waals surface area contributed by atoms with Crippen LogP contribution in [0.25, 0.3) is 0 Å². The van der Waals surface area contributed by atoms with E-state index in [4.69, 9.17) is 10.00 Å². The zero-order valence-corrected chi connectivity index (χ0v) is 7.63. The summed E-state index contributed by atoms with van der Waals surface area (Å²) in [6, 6.07) is 2.05. The molecule has 0 saturated carbocycles. The Balaban J connectivity index is 3.24. The highest BCUT2D eigenvalue weighted by Gasteiger charge is 2.03. The lowest BCUT2D eigenvalue weighted by atomic mass is 10.1. The molecule has 0 radical (unpaired) electrons. The minimum Gasteiger partial charge on any atom is -0.377 e. The highest BCUT2D eigenvalue weighted by Crippen LogP contribution is 2.07. The summed E-state index contributed by atoms with van der Waals surface area (Å²) in [7, 11) is 0. The van der Waals surface area contributed by atoms with Crippen molar-refractivity contribution in [3.05, 3.63) is 0 Å². The number of nitriles is 1. The first-order chi connectivity index (χ1) is 5.16. The molecular formula is C9H17NO. The van der Waals surface area contributed by atoms with Crippen molar-refractivity contribution in [3.63, 3.8) is 0 Å². The van der Waals surface area contributed by atoms with Crippen molar-refractivity contribution in [2.45, 2.75) is 39.7 Å². The molecule has 11 heavy (non-hydrogen) atoms. The van der Waals surface area contributed by atoms with Gasteiger partial charge in [-0.3, -0.25) is 0 Å². The van der Waals surface area contributed by atoms with Crippen LogP contribution < -0.4 is 0 Å². The quantitative estimate of drug-likeness (QED) is 0.571. The highest BCUT2D eigenvalue weighted by atomic mass is 16.5. The van der Waals surface area contributed by atoms with Gasteiger partial charge in [-0.1, -0.05) is 13.8 Å². The molecule has 2 nitrogen and oxygen atoms in total. The molecule has 0 aliphatic rings. The maximum absolute atomic E-state index is 8.23. The monoisotopic (exact) mass is 155 g/mol. The lowest BCUT2D eigenvalue weighted by molar-refractivity contribution is 0.0558. The molecule has 1 atom stereocenters. The average molecular weight is 155 g/mol. The van der Waals surface area contributed by atoms with E-state index in [1.54, 1.807) is 0 Å². The van der Waals surface area contributed by atoms with Crippen LogP contribution in [0, 0.1) is 17.2 Å². The molecule has 0 N–H and O–H groups in total. The van der Waals surface area contributed by atoms with Crippen LogP contribution in [0.15, 0.2) is 0 Å². The Morgan fingerprint density at radius 2 is 2.00 bits per heavy atom. The zero-order valence-electron chi connectivity index (χ0n) is 7.63. The maximum atomic E-state index is 8.23. The van der Waals surface area contributed by atoms with E-state index in [0.29, 0.717) is 25.0 Å². The van der Waals surface area contributed by atoms with Gasteiger partial charge in [0.25, 0.3) is 0 Å². The summed E-state index contributed by atoms with van der Waals surface area (Å²) in [5, 5.41) is 8.23. The summed E-state index contributed by atoms with van der Waals surface area (Å²) in [4.78, 5) is 0. The van der Waals surface area contributed by atoms with E-state index < -0.39 is 0 Å². The molecule has 0 amide bonds. The van der Waals surface area contributed by atoms with Crippen molar-refractivity contribution in [1.82, 2.24) is 0 Å². The van der Waals surface area contributed by atoms with Gasteiger partial charge < -0.3 is 4.74 Å². The highest BCUT2D eigenvalue weighted by molar-refractivity contribution is 4.67. The van der Waals surface area contributed by atoms with Crippen LogP contribution in [0.5, 0.6) is 0 Å². The SMILES string of the molecule is CC(C)CC(C)OCCC#N. The molecule has 0 heterocycles. The van der Waals surface area contributed by atoms with Crippen molar-refractivity contribution >= 4 is 0 Å². The van der Waals surface area contributed by atoms with Gasteiger partial charge in [0.05, 0.1) is 25.2 Å². The Labute approximate surface area is 69.2 Å². The van der Waals surface area contributed by atoms with E-state index in [-0.39, 0.29) is 0 Å². The number of hydrogen-bond acceptors (Lipinski definition) is 2. The van der Waals surface area contributed by atoms with Gasteiger partial charge in [0.15, 0.2) is 0 Å². The third-order valence-electron chi connectivity index (χ3n) is 1.42. The summed E-state index contributed by atoms with van der Waals surface area (Å²) in [6.07, 6.45) is 1.87. The van der Waals surface area contributed by atoms with Crippen LogP contribution in [0.4, 0.5) is 0 Å². The summed E-state index contributed by atoms with van der Waals surface area (Å²) in [6.45, 7) is 6.97. The van der Waals surface area contributed by atoms with Gasteiger partial charge in [-0.15, -0.1) is 0 Å². The standard InChI is InChI=1S/C9H17NO/c1-8(2)7-9(3)11-6-4-5-10/h8-9H,4,6-7H2,1-3H3. The summed E-state index contributed by atoms with van der Waals surface area (Å²) in [5.41, 5.74) is 0. The predicted molar refractivity (Wildman–Crippen MR) is 45.1 cm³/mol. The number of hydrogen-bond donors (Lipinski definition) is 0. The minimum absolute atomic E-state index is 0.295. The second-order valence-electron chi connectivity index (χ2n) is 3.22. The van der Waals surface area contributed by atoms with E-state index in [2.05, 4.69) is 26.8 Å². The second kappa shape index (κ2) is 6.18. The first-order valence-corrected chi connectivity index (χ1v) is 4.15. The van der Waals surface area contributed by atoms with Crippen LogP contribution in [0.2, 0.25) is 0 Å². The number of rotatable bonds is 5. The van der Waals surface area contributed by atoms with Crippen molar-refractivity contribution in [3.8, 4) is 6.07 Å². The fraction of sp³-hybridized carbons (Fsp3) is 0.889. The molecule has 0 saturated heterocycles. The van der Waals surface area contributed by atoms with E-state index >= 15 is 0 Å². The largest absolute Gasteiger partial charge is 0.377 e. The molecule has 0 bridgehead atoms. The van der Waals surface area contributed by atoms with Gasteiger partial charge in [0, 0.05) is 0 Å². The van der Waals surface area contributed by atoms with Crippen molar-refractivity contribution in [2.75, 3.05) is 6.61 Å². The Morgan fingerprint density at radius 1 is 1.36 bits per heavy atom. The van der Waals surface area contributed by atoms with Gasteiger partial charge in [-0.05, 0) is 19.3 Å². The topological polar surface area (TPSA) is 33.0 Å². The van der Waals surface area contributed by atoms with Gasteiger partial charge in [-0.25, -0.2) is 0 Å². The first kappa shape index (κ1) is 10.4. The Hall–Kier alpha value is -0.550. The van der Waals surface area contributed by atoms with Gasteiger partial charge in [0.1, 0.15) is 0 Å². The summed E-state index contributed by atoms with van der Waals surface area (Å²) < 4.78 is 5.37. The van der Waals surface area contributed by atoms with E-state index in [1.807, 2.05) is 0 Å². The van der Waals surface area contributed by atoms with Gasteiger partial charge in [0.2, 0.25) is 0 Å². The minimum atomic E-state index is 0.295. The smallest absolute Gasteiger partial charge is 0.0645 e. The molecule has 1 unspecified atom stereocenters. The second-order valence-corrected chi connectivity index (χ2v) is 3.22. The molecule has 0 aromatic heterocycles. The number of ether oxygens (including phenoxy) is 1. The summed E-state index contributed by atoms with van der Waals surface area (Å²) in [5.74, 6) is 0.673. The van der Waals surface area contributed by atoms with Crippen LogP contribution in [-0.4, -0.2) is 12.7 Å². The van der Waals surface area contributed by atoms with Crippen LogP contribution in [-0.2, 0) is 4.74 Å². The molecule has 0 aromatic carbocycles. The Bertz CT molecular complexity index is 126. The lowest BCUT2D eigenvalue weighted by Crippen LogP contribution is -2.11. The van der Waals surface area contributed by atoms with E-state index in [0.717, 1.165) is 6.42 Å². The molecular weight excluding hydrogens is 138 g/mol. The molecule has 0 aliphatic heterocycles. The van der Waals surface area contributed by atoms with Gasteiger partial charge >= 0.3 is 0 Å². The number of nitrogens with zero attached hydrogens (tertiary/aromatic N) is 1. The van der Waals surface area contributed by atoms with Crippen molar-refractivity contribution in [1.29, 1.82) is 5.26 Å². The Morgan fingerprint density at radius 3 is 2.45 bits per heavy atom. The maximum Gasteiger partial charge on any atom is 0.0645 e. The summed E-state index contributed by atoms with van der Waals surface area (Å²) >= 11 is 0. The molecule has 0 spiro atoms. The molecule has 2 heteroatoms. The fourth-order valence-electron chi connectivity index (χ4n) is 1.04. The predicted octanol–water partition coefficient (Wildman–Crippen LogP) is 2.35. The fourth-order valence-corrected chi connectivity index (χ4v) is 1.04. The normalized spacial score (nSPS) is 13.0. The third-order valence-corrected chi connectivity index (χ3v) is 1.42.